The molecule has 5 nitrogen and oxygen atoms in total. The lowest BCUT2D eigenvalue weighted by atomic mass is 10.1. The summed E-state index contributed by atoms with van der Waals surface area (Å²) < 4.78 is 11.0. The van der Waals surface area contributed by atoms with E-state index in [1.165, 1.54) is 5.56 Å². The number of pyridine rings is 1. The zero-order valence-electron chi connectivity index (χ0n) is 14.9. The molecular weight excluding hydrogens is 334 g/mol. The maximum atomic E-state index is 5.72. The first kappa shape index (κ1) is 19.0. The molecule has 0 radical (unpaired) electrons. The summed E-state index contributed by atoms with van der Waals surface area (Å²) in [5.41, 5.74) is 1.25. The van der Waals surface area contributed by atoms with Crippen molar-refractivity contribution < 1.29 is 9.47 Å². The monoisotopic (exact) mass is 359 g/mol. The molecule has 0 aliphatic rings. The number of anilines is 1. The van der Waals surface area contributed by atoms with Gasteiger partial charge in [0.25, 0.3) is 0 Å². The van der Waals surface area contributed by atoms with Crippen LogP contribution in [0.25, 0.3) is 0 Å². The highest BCUT2D eigenvalue weighted by Crippen LogP contribution is 2.19. The Kier molecular flexibility index (Phi) is 7.47. The number of benzene rings is 1. The molecule has 2 rings (SSSR count). The molecule has 134 valence electrons. The van der Waals surface area contributed by atoms with Crippen molar-refractivity contribution in [3.8, 4) is 11.5 Å². The van der Waals surface area contributed by atoms with Crippen LogP contribution in [0.2, 0.25) is 0 Å². The van der Waals surface area contributed by atoms with Gasteiger partial charge in [0, 0.05) is 12.7 Å². The van der Waals surface area contributed by atoms with E-state index in [1.54, 1.807) is 13.3 Å². The third-order valence-electron chi connectivity index (χ3n) is 3.42. The van der Waals surface area contributed by atoms with E-state index in [0.717, 1.165) is 25.1 Å². The standard InChI is InChI=1S/C19H25N3O2S/c1-14(2)24-16-9-4-7-15(13-16)8-5-12-21-19(25)22-18-17(23-3)10-6-11-20-18/h4,6-7,9-11,13-14H,5,8,12H2,1-3H3,(H2,20,21,22,25). The van der Waals surface area contributed by atoms with Gasteiger partial charge in [-0.25, -0.2) is 4.98 Å². The number of aryl methyl sites for hydroxylation is 1. The average Bonchev–Trinajstić information content (AvgIpc) is 2.59. The first-order chi connectivity index (χ1) is 12.1. The Labute approximate surface area is 154 Å². The van der Waals surface area contributed by atoms with E-state index >= 15 is 0 Å². The number of methoxy groups -OCH3 is 1. The van der Waals surface area contributed by atoms with Gasteiger partial charge in [-0.15, -0.1) is 0 Å². The number of thiocarbonyl (C=S) groups is 1. The zero-order chi connectivity index (χ0) is 18.1. The van der Waals surface area contributed by atoms with Gasteiger partial charge in [-0.05, 0) is 68.7 Å². The molecule has 25 heavy (non-hydrogen) atoms. The van der Waals surface area contributed by atoms with Crippen LogP contribution in [0.1, 0.15) is 25.8 Å². The number of nitrogens with one attached hydrogen (secondary N) is 2. The van der Waals surface area contributed by atoms with Gasteiger partial charge in [-0.1, -0.05) is 12.1 Å². The Hall–Kier alpha value is -2.34. The topological polar surface area (TPSA) is 55.4 Å². The summed E-state index contributed by atoms with van der Waals surface area (Å²) in [4.78, 5) is 4.22. The van der Waals surface area contributed by atoms with Gasteiger partial charge < -0.3 is 20.1 Å². The number of nitrogens with zero attached hydrogens (tertiary/aromatic N) is 1. The SMILES string of the molecule is COc1cccnc1NC(=S)NCCCc1cccc(OC(C)C)c1. The fraction of sp³-hybridized carbons (Fsp3) is 0.368. The molecule has 2 aromatic rings. The Morgan fingerprint density at radius 1 is 1.24 bits per heavy atom. The molecular formula is C19H25N3O2S. The van der Waals surface area contributed by atoms with E-state index < -0.39 is 0 Å². The van der Waals surface area contributed by atoms with Gasteiger partial charge in [0.1, 0.15) is 5.75 Å². The normalized spacial score (nSPS) is 10.4. The van der Waals surface area contributed by atoms with Crippen molar-refractivity contribution in [1.29, 1.82) is 0 Å². The minimum atomic E-state index is 0.184. The van der Waals surface area contributed by atoms with Gasteiger partial charge in [-0.3, -0.25) is 0 Å². The summed E-state index contributed by atoms with van der Waals surface area (Å²) in [6, 6.07) is 11.9. The van der Waals surface area contributed by atoms with E-state index in [9.17, 15) is 0 Å². The van der Waals surface area contributed by atoms with Crippen molar-refractivity contribution >= 4 is 23.1 Å². The molecule has 0 aliphatic heterocycles. The summed E-state index contributed by atoms with van der Waals surface area (Å²) in [7, 11) is 1.61. The smallest absolute Gasteiger partial charge is 0.174 e. The van der Waals surface area contributed by atoms with E-state index in [4.69, 9.17) is 21.7 Å². The molecule has 0 unspecified atom stereocenters. The van der Waals surface area contributed by atoms with Crippen LogP contribution in [-0.4, -0.2) is 29.9 Å². The molecule has 0 atom stereocenters. The van der Waals surface area contributed by atoms with Crippen LogP contribution >= 0.6 is 12.2 Å². The fourth-order valence-corrected chi connectivity index (χ4v) is 2.54. The Balaban J connectivity index is 1.74. The highest BCUT2D eigenvalue weighted by atomic mass is 32.1. The van der Waals surface area contributed by atoms with E-state index in [2.05, 4.69) is 27.8 Å². The number of rotatable bonds is 8. The second-order valence-corrected chi connectivity index (χ2v) is 6.26. The lowest BCUT2D eigenvalue weighted by molar-refractivity contribution is 0.242. The molecule has 0 aliphatic carbocycles. The second kappa shape index (κ2) is 9.84. The minimum absolute atomic E-state index is 0.184. The van der Waals surface area contributed by atoms with E-state index in [-0.39, 0.29) is 6.10 Å². The van der Waals surface area contributed by atoms with Crippen molar-refractivity contribution in [3.63, 3.8) is 0 Å². The average molecular weight is 359 g/mol. The number of aromatic nitrogens is 1. The van der Waals surface area contributed by atoms with Gasteiger partial charge in [0.05, 0.1) is 13.2 Å². The zero-order valence-corrected chi connectivity index (χ0v) is 15.7. The van der Waals surface area contributed by atoms with Crippen LogP contribution in [0.4, 0.5) is 5.82 Å². The molecule has 1 aromatic carbocycles. The number of hydrogen-bond donors (Lipinski definition) is 2. The quantitative estimate of drug-likeness (QED) is 0.552. The first-order valence-corrected chi connectivity index (χ1v) is 8.78. The van der Waals surface area contributed by atoms with Crippen molar-refractivity contribution in [2.45, 2.75) is 32.8 Å². The summed E-state index contributed by atoms with van der Waals surface area (Å²) in [6.45, 7) is 4.83. The molecule has 0 saturated carbocycles. The lowest BCUT2D eigenvalue weighted by Crippen LogP contribution is -2.30. The molecule has 0 fully saturated rings. The van der Waals surface area contributed by atoms with E-state index in [0.29, 0.717) is 16.7 Å². The fourth-order valence-electron chi connectivity index (χ4n) is 2.34. The van der Waals surface area contributed by atoms with Gasteiger partial charge in [-0.2, -0.15) is 0 Å². The highest BCUT2D eigenvalue weighted by Gasteiger charge is 2.05. The first-order valence-electron chi connectivity index (χ1n) is 8.38. The van der Waals surface area contributed by atoms with Crippen molar-refractivity contribution in [2.24, 2.45) is 0 Å². The molecule has 0 bridgehead atoms. The van der Waals surface area contributed by atoms with Gasteiger partial charge >= 0.3 is 0 Å². The van der Waals surface area contributed by atoms with Crippen molar-refractivity contribution in [1.82, 2.24) is 10.3 Å². The maximum Gasteiger partial charge on any atom is 0.174 e. The van der Waals surface area contributed by atoms with Crippen LogP contribution in [0.5, 0.6) is 11.5 Å². The predicted octanol–water partition coefficient (Wildman–Crippen LogP) is 3.80. The third kappa shape index (κ3) is 6.58. The van der Waals surface area contributed by atoms with Gasteiger partial charge in [0.15, 0.2) is 16.7 Å². The van der Waals surface area contributed by atoms with Gasteiger partial charge in [0.2, 0.25) is 0 Å². The summed E-state index contributed by atoms with van der Waals surface area (Å²) in [5.74, 6) is 2.19. The molecule has 1 aromatic heterocycles. The Morgan fingerprint density at radius 2 is 2.08 bits per heavy atom. The van der Waals surface area contributed by atoms with Crippen LogP contribution in [0.3, 0.4) is 0 Å². The van der Waals surface area contributed by atoms with Crippen molar-refractivity contribution in [3.05, 3.63) is 48.2 Å². The minimum Gasteiger partial charge on any atom is -0.493 e. The number of hydrogen-bond acceptors (Lipinski definition) is 4. The van der Waals surface area contributed by atoms with Crippen LogP contribution in [-0.2, 0) is 6.42 Å². The van der Waals surface area contributed by atoms with Crippen LogP contribution < -0.4 is 20.1 Å². The summed E-state index contributed by atoms with van der Waals surface area (Å²) in [6.07, 6.45) is 3.80. The second-order valence-electron chi connectivity index (χ2n) is 5.85. The Morgan fingerprint density at radius 3 is 2.84 bits per heavy atom. The molecule has 1 heterocycles. The number of ether oxygens (including phenoxy) is 2. The maximum absolute atomic E-state index is 5.72. The molecule has 0 saturated heterocycles. The third-order valence-corrected chi connectivity index (χ3v) is 3.67. The molecule has 6 heteroatoms. The Bertz CT molecular complexity index is 692. The largest absolute Gasteiger partial charge is 0.493 e. The highest BCUT2D eigenvalue weighted by molar-refractivity contribution is 7.80. The van der Waals surface area contributed by atoms with Crippen LogP contribution in [0, 0.1) is 0 Å². The predicted molar refractivity (Wildman–Crippen MR) is 106 cm³/mol. The molecule has 2 N–H and O–H groups in total. The molecule has 0 amide bonds. The molecule has 0 spiro atoms. The summed E-state index contributed by atoms with van der Waals surface area (Å²) >= 11 is 5.30. The lowest BCUT2D eigenvalue weighted by Gasteiger charge is -2.13. The van der Waals surface area contributed by atoms with Crippen molar-refractivity contribution in [2.75, 3.05) is 19.0 Å². The van der Waals surface area contributed by atoms with Crippen LogP contribution in [0.15, 0.2) is 42.6 Å². The summed E-state index contributed by atoms with van der Waals surface area (Å²) in [5, 5.41) is 6.78. The van der Waals surface area contributed by atoms with E-state index in [1.807, 2.05) is 38.1 Å².